The van der Waals surface area contributed by atoms with Gasteiger partial charge < -0.3 is 9.47 Å². The lowest BCUT2D eigenvalue weighted by Gasteiger charge is -2.37. The summed E-state index contributed by atoms with van der Waals surface area (Å²) < 4.78 is 27.9. The van der Waals surface area contributed by atoms with Crippen LogP contribution in [-0.4, -0.2) is 12.7 Å². The lowest BCUT2D eigenvalue weighted by atomic mass is 9.80. The minimum atomic E-state index is -0.840. The van der Waals surface area contributed by atoms with Crippen molar-refractivity contribution >= 4 is 0 Å². The quantitative estimate of drug-likeness (QED) is 0.0487. The van der Waals surface area contributed by atoms with Crippen LogP contribution in [0.1, 0.15) is 144 Å². The summed E-state index contributed by atoms with van der Waals surface area (Å²) >= 11 is 0. The number of unbranched alkanes of at least 4 members (excludes halogenated alkanes) is 15. The van der Waals surface area contributed by atoms with Crippen LogP contribution in [0.15, 0.2) is 109 Å². The number of halogens is 1. The molecule has 0 amide bonds. The van der Waals surface area contributed by atoms with Crippen molar-refractivity contribution in [2.75, 3.05) is 6.61 Å². The first kappa shape index (κ1) is 40.0. The Bertz CT molecular complexity index is 1420. The van der Waals surface area contributed by atoms with Crippen LogP contribution < -0.4 is 0 Å². The van der Waals surface area contributed by atoms with E-state index in [1.807, 2.05) is 18.2 Å². The summed E-state index contributed by atoms with van der Waals surface area (Å²) in [5.41, 5.74) is 3.26. The van der Waals surface area contributed by atoms with E-state index in [1.54, 1.807) is 6.07 Å². The Morgan fingerprint density at radius 1 is 0.588 bits per heavy atom. The van der Waals surface area contributed by atoms with Crippen molar-refractivity contribution in [3.8, 4) is 6.07 Å². The lowest BCUT2D eigenvalue weighted by molar-refractivity contribution is -0.0731. The molecular weight excluding hydrogens is 630 g/mol. The van der Waals surface area contributed by atoms with E-state index in [0.29, 0.717) is 17.7 Å². The maximum Gasteiger partial charge on any atom is 0.143 e. The Labute approximate surface area is 308 Å². The Hall–Kier alpha value is -3.78. The van der Waals surface area contributed by atoms with Crippen LogP contribution in [-0.2, 0) is 21.7 Å². The highest BCUT2D eigenvalue weighted by molar-refractivity contribution is 5.47. The molecule has 0 fully saturated rings. The second-order valence-electron chi connectivity index (χ2n) is 14.1. The average Bonchev–Trinajstić information content (AvgIpc) is 3.17. The van der Waals surface area contributed by atoms with Gasteiger partial charge in [-0.3, -0.25) is 0 Å². The molecule has 0 aliphatic rings. The number of ether oxygens (including phenoxy) is 2. The van der Waals surface area contributed by atoms with E-state index in [4.69, 9.17) is 9.47 Å². The van der Waals surface area contributed by atoms with Crippen molar-refractivity contribution in [1.29, 1.82) is 5.26 Å². The van der Waals surface area contributed by atoms with Crippen molar-refractivity contribution in [2.24, 2.45) is 0 Å². The molecule has 4 rings (SSSR count). The molecule has 0 saturated heterocycles. The maximum absolute atomic E-state index is 14.3. The van der Waals surface area contributed by atoms with Crippen molar-refractivity contribution < 1.29 is 13.9 Å². The molecule has 0 unspecified atom stereocenters. The summed E-state index contributed by atoms with van der Waals surface area (Å²) in [4.78, 5) is 0. The van der Waals surface area contributed by atoms with E-state index in [9.17, 15) is 9.65 Å². The van der Waals surface area contributed by atoms with E-state index in [0.717, 1.165) is 36.0 Å². The zero-order valence-corrected chi connectivity index (χ0v) is 31.0. The van der Waals surface area contributed by atoms with Crippen LogP contribution in [0.5, 0.6) is 0 Å². The van der Waals surface area contributed by atoms with Gasteiger partial charge in [0, 0.05) is 0 Å². The fourth-order valence-electron chi connectivity index (χ4n) is 7.13. The maximum atomic E-state index is 14.3. The summed E-state index contributed by atoms with van der Waals surface area (Å²) in [7, 11) is 0. The first-order valence-electron chi connectivity index (χ1n) is 19.8. The van der Waals surface area contributed by atoms with Gasteiger partial charge in [0.2, 0.25) is 0 Å². The number of rotatable bonds is 26. The third kappa shape index (κ3) is 13.7. The van der Waals surface area contributed by atoms with Gasteiger partial charge in [-0.25, -0.2) is 4.39 Å². The van der Waals surface area contributed by atoms with Crippen LogP contribution in [0.2, 0.25) is 0 Å². The minimum Gasteiger partial charge on any atom is -0.371 e. The Kier molecular flexibility index (Phi) is 18.5. The lowest BCUT2D eigenvalue weighted by Crippen LogP contribution is -2.36. The molecule has 0 aliphatic carbocycles. The molecule has 0 aromatic heterocycles. The first-order chi connectivity index (χ1) is 25.2. The van der Waals surface area contributed by atoms with Gasteiger partial charge in [-0.1, -0.05) is 201 Å². The molecule has 4 heteroatoms. The molecule has 272 valence electrons. The van der Waals surface area contributed by atoms with Gasteiger partial charge >= 0.3 is 0 Å². The number of hydrogen-bond donors (Lipinski definition) is 0. The smallest absolute Gasteiger partial charge is 0.143 e. The number of nitriles is 1. The fourth-order valence-corrected chi connectivity index (χ4v) is 7.13. The first-order valence-corrected chi connectivity index (χ1v) is 19.8. The van der Waals surface area contributed by atoms with Crippen LogP contribution in [0.25, 0.3) is 0 Å². The highest BCUT2D eigenvalue weighted by Crippen LogP contribution is 2.40. The zero-order chi connectivity index (χ0) is 35.8. The van der Waals surface area contributed by atoms with Crippen LogP contribution in [0, 0.1) is 17.1 Å². The molecule has 0 N–H and O–H groups in total. The molecule has 1 atom stereocenters. The molecule has 4 aromatic carbocycles. The fraction of sp³-hybridized carbons (Fsp3) is 0.468. The van der Waals surface area contributed by atoms with Crippen molar-refractivity contribution in [3.63, 3.8) is 0 Å². The van der Waals surface area contributed by atoms with Gasteiger partial charge in [0.1, 0.15) is 11.4 Å². The van der Waals surface area contributed by atoms with Crippen molar-refractivity contribution in [2.45, 2.75) is 134 Å². The van der Waals surface area contributed by atoms with E-state index < -0.39 is 11.4 Å². The third-order valence-corrected chi connectivity index (χ3v) is 9.98. The van der Waals surface area contributed by atoms with Crippen LogP contribution in [0.4, 0.5) is 4.39 Å². The van der Waals surface area contributed by atoms with Crippen LogP contribution >= 0.6 is 0 Å². The number of hydrogen-bond acceptors (Lipinski definition) is 3. The van der Waals surface area contributed by atoms with E-state index >= 15 is 0 Å². The van der Waals surface area contributed by atoms with Crippen molar-refractivity contribution in [1.82, 2.24) is 0 Å². The monoisotopic (exact) mass is 689 g/mol. The third-order valence-electron chi connectivity index (χ3n) is 9.98. The normalized spacial score (nSPS) is 12.1. The summed E-state index contributed by atoms with van der Waals surface area (Å²) in [6.45, 7) is 2.86. The molecule has 0 saturated carbocycles. The molecule has 0 aliphatic heterocycles. The van der Waals surface area contributed by atoms with Gasteiger partial charge in [-0.15, -0.1) is 0 Å². The highest BCUT2D eigenvalue weighted by atomic mass is 19.1. The average molecular weight is 690 g/mol. The van der Waals surface area contributed by atoms with Crippen molar-refractivity contribution in [3.05, 3.63) is 143 Å². The second kappa shape index (κ2) is 23.6. The van der Waals surface area contributed by atoms with Gasteiger partial charge in [0.15, 0.2) is 0 Å². The summed E-state index contributed by atoms with van der Waals surface area (Å²) in [5, 5.41) is 9.39. The minimum absolute atomic E-state index is 0.207. The van der Waals surface area contributed by atoms with E-state index in [-0.39, 0.29) is 12.7 Å². The summed E-state index contributed by atoms with van der Waals surface area (Å²) in [5.74, 6) is -0.422. The Morgan fingerprint density at radius 3 is 1.45 bits per heavy atom. The predicted octanol–water partition coefficient (Wildman–Crippen LogP) is 13.2. The standard InChI is InChI=1S/C47H60FNO2/c1-2-3-4-5-6-7-8-9-10-11-12-13-14-15-16-26-33-46(50-38-41-34-40(37-49)35-45(48)36-41)39-51-47(42-27-20-17-21-28-42,43-29-22-18-23-30-43)44-31-24-19-25-32-44/h17-25,27-32,34-36,46H,2-16,26,33,38-39H2,1H3/t46-/m0/s1. The second-order valence-corrected chi connectivity index (χ2v) is 14.1. The van der Waals surface area contributed by atoms with Gasteiger partial charge in [-0.05, 0) is 46.9 Å². The molecule has 0 heterocycles. The largest absolute Gasteiger partial charge is 0.371 e. The predicted molar refractivity (Wildman–Crippen MR) is 209 cm³/mol. The van der Waals surface area contributed by atoms with E-state index in [1.165, 1.54) is 102 Å². The van der Waals surface area contributed by atoms with Gasteiger partial charge in [0.25, 0.3) is 0 Å². The molecule has 0 bridgehead atoms. The van der Waals surface area contributed by atoms with Gasteiger partial charge in [-0.2, -0.15) is 5.26 Å². The molecule has 4 aromatic rings. The Morgan fingerprint density at radius 2 is 1.02 bits per heavy atom. The highest BCUT2D eigenvalue weighted by Gasteiger charge is 2.38. The SMILES string of the molecule is CCCCCCCCCCCCCCCCCC[C@@H](COC(c1ccccc1)(c1ccccc1)c1ccccc1)OCc1cc(F)cc(C#N)c1. The molecule has 0 radical (unpaired) electrons. The Balaban J connectivity index is 1.34. The molecule has 51 heavy (non-hydrogen) atoms. The summed E-state index contributed by atoms with van der Waals surface area (Å²) in [6, 6.07) is 37.7. The molecule has 3 nitrogen and oxygen atoms in total. The molecular formula is C47H60FNO2. The van der Waals surface area contributed by atoms with Gasteiger partial charge in [0.05, 0.1) is 31.0 Å². The molecule has 0 spiro atoms. The zero-order valence-electron chi connectivity index (χ0n) is 31.0. The number of nitrogens with zero attached hydrogens (tertiary/aromatic N) is 1. The summed E-state index contributed by atoms with van der Waals surface area (Å²) in [6.07, 6.45) is 21.9. The topological polar surface area (TPSA) is 42.2 Å². The van der Waals surface area contributed by atoms with Crippen LogP contribution in [0.3, 0.4) is 0 Å². The van der Waals surface area contributed by atoms with E-state index in [2.05, 4.69) is 85.8 Å². The number of benzene rings is 4.